The monoisotopic (exact) mass is 415 g/mol. The molecule has 1 atom stereocenters. The SMILES string of the molecule is COC[C@H](Nc1nc(Nc2cn(C)cn2)c2cnn(C)c2n1)c1ncc(F)cc1F. The molecule has 0 aliphatic carbocycles. The number of hydrogen-bond donors (Lipinski definition) is 2. The number of aryl methyl sites for hydroxylation is 2. The van der Waals surface area contributed by atoms with E-state index in [0.29, 0.717) is 22.7 Å². The molecule has 0 aliphatic heterocycles. The van der Waals surface area contributed by atoms with Crippen LogP contribution in [0.1, 0.15) is 11.7 Å². The van der Waals surface area contributed by atoms with Crippen LogP contribution in [0.4, 0.5) is 26.4 Å². The molecule has 0 radical (unpaired) electrons. The zero-order valence-corrected chi connectivity index (χ0v) is 16.5. The molecule has 10 nitrogen and oxygen atoms in total. The maximum atomic E-state index is 14.3. The van der Waals surface area contributed by atoms with Crippen LogP contribution in [0.15, 0.2) is 31.0 Å². The van der Waals surface area contributed by atoms with Crippen molar-refractivity contribution in [3.63, 3.8) is 0 Å². The van der Waals surface area contributed by atoms with Gasteiger partial charge < -0.3 is 19.9 Å². The average Bonchev–Trinajstić information content (AvgIpc) is 3.27. The molecule has 156 valence electrons. The number of anilines is 3. The molecule has 0 fully saturated rings. The molecule has 0 unspecified atom stereocenters. The first-order chi connectivity index (χ1) is 14.4. The number of imidazole rings is 1. The van der Waals surface area contributed by atoms with Gasteiger partial charge in [-0.1, -0.05) is 0 Å². The number of fused-ring (bicyclic) bond motifs is 1. The van der Waals surface area contributed by atoms with E-state index in [9.17, 15) is 8.78 Å². The molecule has 4 aromatic rings. The van der Waals surface area contributed by atoms with Gasteiger partial charge >= 0.3 is 0 Å². The third kappa shape index (κ3) is 3.89. The maximum Gasteiger partial charge on any atom is 0.227 e. The summed E-state index contributed by atoms with van der Waals surface area (Å²) in [6.45, 7) is 0.0609. The Morgan fingerprint density at radius 2 is 2.00 bits per heavy atom. The highest BCUT2D eigenvalue weighted by atomic mass is 19.1. The second kappa shape index (κ2) is 7.99. The standard InChI is InChI=1S/C18H19F2N9O/c1-28-7-14(22-9-28)25-16-11-6-23-29(2)17(11)27-18(26-16)24-13(8-30-3)15-12(20)4-10(19)5-21-15/h4-7,9,13H,8H2,1-3H3,(H2,24,25,26,27)/t13-/m0/s1. The van der Waals surface area contributed by atoms with Crippen LogP contribution in [0.25, 0.3) is 11.0 Å². The van der Waals surface area contributed by atoms with Crippen molar-refractivity contribution in [2.75, 3.05) is 24.4 Å². The third-order valence-corrected chi connectivity index (χ3v) is 4.35. The predicted octanol–water partition coefficient (Wildman–Crippen LogP) is 2.31. The van der Waals surface area contributed by atoms with E-state index in [1.807, 2.05) is 7.05 Å². The van der Waals surface area contributed by atoms with Crippen LogP contribution in [0.3, 0.4) is 0 Å². The minimum absolute atomic E-state index is 0.00816. The van der Waals surface area contributed by atoms with E-state index in [2.05, 4.69) is 35.7 Å². The normalized spacial score (nSPS) is 12.3. The van der Waals surface area contributed by atoms with Crippen LogP contribution in [0.2, 0.25) is 0 Å². The summed E-state index contributed by atoms with van der Waals surface area (Å²) >= 11 is 0. The average molecular weight is 415 g/mol. The van der Waals surface area contributed by atoms with Gasteiger partial charge in [0.1, 0.15) is 29.0 Å². The molecular weight excluding hydrogens is 396 g/mol. The Kier molecular flexibility index (Phi) is 5.23. The zero-order valence-electron chi connectivity index (χ0n) is 16.5. The van der Waals surface area contributed by atoms with Crippen molar-refractivity contribution in [1.29, 1.82) is 0 Å². The smallest absolute Gasteiger partial charge is 0.227 e. The van der Waals surface area contributed by atoms with Crippen molar-refractivity contribution >= 4 is 28.6 Å². The van der Waals surface area contributed by atoms with Gasteiger partial charge in [0.05, 0.1) is 36.8 Å². The second-order valence-electron chi connectivity index (χ2n) is 6.62. The zero-order chi connectivity index (χ0) is 21.3. The number of rotatable bonds is 7. The summed E-state index contributed by atoms with van der Waals surface area (Å²) in [5, 5.41) is 11.1. The fourth-order valence-corrected chi connectivity index (χ4v) is 2.97. The molecule has 4 rings (SSSR count). The minimum atomic E-state index is -0.794. The van der Waals surface area contributed by atoms with Gasteiger partial charge in [-0.25, -0.2) is 13.8 Å². The molecular formula is C18H19F2N9O. The van der Waals surface area contributed by atoms with Gasteiger partial charge in [0, 0.05) is 33.5 Å². The molecule has 2 N–H and O–H groups in total. The molecule has 0 amide bonds. The Hall–Kier alpha value is -3.67. The molecule has 12 heteroatoms. The molecule has 4 heterocycles. The van der Waals surface area contributed by atoms with Crippen LogP contribution < -0.4 is 10.6 Å². The van der Waals surface area contributed by atoms with Gasteiger partial charge in [-0.05, 0) is 0 Å². The first-order valence-corrected chi connectivity index (χ1v) is 8.95. The van der Waals surface area contributed by atoms with Crippen molar-refractivity contribution < 1.29 is 13.5 Å². The Balaban J connectivity index is 1.72. The van der Waals surface area contributed by atoms with Gasteiger partial charge in [0.15, 0.2) is 5.65 Å². The van der Waals surface area contributed by atoms with Gasteiger partial charge in [-0.3, -0.25) is 9.67 Å². The first-order valence-electron chi connectivity index (χ1n) is 8.95. The van der Waals surface area contributed by atoms with Crippen molar-refractivity contribution in [2.45, 2.75) is 6.04 Å². The van der Waals surface area contributed by atoms with Gasteiger partial charge in [-0.2, -0.15) is 15.1 Å². The Morgan fingerprint density at radius 3 is 2.70 bits per heavy atom. The lowest BCUT2D eigenvalue weighted by molar-refractivity contribution is 0.183. The number of pyridine rings is 1. The summed E-state index contributed by atoms with van der Waals surface area (Å²) in [6, 6.07) is 0.0234. The number of halogens is 2. The van der Waals surface area contributed by atoms with Crippen LogP contribution in [0, 0.1) is 11.6 Å². The van der Waals surface area contributed by atoms with Crippen LogP contribution in [0.5, 0.6) is 0 Å². The fourth-order valence-electron chi connectivity index (χ4n) is 2.97. The highest BCUT2D eigenvalue weighted by molar-refractivity contribution is 5.89. The molecule has 4 aromatic heterocycles. The number of nitrogens with zero attached hydrogens (tertiary/aromatic N) is 7. The van der Waals surface area contributed by atoms with Gasteiger partial charge in [0.2, 0.25) is 5.95 Å². The van der Waals surface area contributed by atoms with Crippen LogP contribution >= 0.6 is 0 Å². The number of nitrogens with one attached hydrogen (secondary N) is 2. The second-order valence-corrected chi connectivity index (χ2v) is 6.62. The molecule has 0 spiro atoms. The number of ether oxygens (including phenoxy) is 1. The summed E-state index contributed by atoms with van der Waals surface area (Å²) in [5.41, 5.74) is 0.542. The summed E-state index contributed by atoms with van der Waals surface area (Å²) in [6.07, 6.45) is 6.03. The number of hydrogen-bond acceptors (Lipinski definition) is 8. The van der Waals surface area contributed by atoms with Crippen molar-refractivity contribution in [3.8, 4) is 0 Å². The predicted molar refractivity (Wildman–Crippen MR) is 105 cm³/mol. The van der Waals surface area contributed by atoms with Gasteiger partial charge in [-0.15, -0.1) is 0 Å². The molecule has 30 heavy (non-hydrogen) atoms. The summed E-state index contributed by atoms with van der Waals surface area (Å²) in [5.74, 6) is -0.304. The highest BCUT2D eigenvalue weighted by Gasteiger charge is 2.21. The molecule has 0 saturated carbocycles. The lowest BCUT2D eigenvalue weighted by atomic mass is 10.2. The molecule has 0 saturated heterocycles. The Labute approximate surface area is 170 Å². The first kappa shape index (κ1) is 19.6. The van der Waals surface area contributed by atoms with Crippen molar-refractivity contribution in [3.05, 3.63) is 48.3 Å². The summed E-state index contributed by atoms with van der Waals surface area (Å²) in [4.78, 5) is 17.1. The quantitative estimate of drug-likeness (QED) is 0.474. The summed E-state index contributed by atoms with van der Waals surface area (Å²) < 4.78 is 36.1. The number of aromatic nitrogens is 7. The van der Waals surface area contributed by atoms with Crippen molar-refractivity contribution in [1.82, 2.24) is 34.3 Å². The van der Waals surface area contributed by atoms with Crippen LogP contribution in [-0.2, 0) is 18.8 Å². The fraction of sp³-hybridized carbons (Fsp3) is 0.278. The van der Waals surface area contributed by atoms with E-state index in [1.54, 1.807) is 35.0 Å². The third-order valence-electron chi connectivity index (χ3n) is 4.35. The van der Waals surface area contributed by atoms with E-state index >= 15 is 0 Å². The topological polar surface area (TPSA) is 108 Å². The van der Waals surface area contributed by atoms with Gasteiger partial charge in [0.25, 0.3) is 0 Å². The number of methoxy groups -OCH3 is 1. The van der Waals surface area contributed by atoms with E-state index in [4.69, 9.17) is 4.74 Å². The maximum absolute atomic E-state index is 14.3. The minimum Gasteiger partial charge on any atom is -0.382 e. The van der Waals surface area contributed by atoms with Crippen LogP contribution in [-0.4, -0.2) is 48.0 Å². The molecule has 0 bridgehead atoms. The van der Waals surface area contributed by atoms with E-state index in [1.165, 1.54) is 7.11 Å². The molecule has 0 aliphatic rings. The van der Waals surface area contributed by atoms with E-state index < -0.39 is 17.7 Å². The van der Waals surface area contributed by atoms with Crippen molar-refractivity contribution in [2.24, 2.45) is 14.1 Å². The largest absolute Gasteiger partial charge is 0.382 e. The highest BCUT2D eigenvalue weighted by Crippen LogP contribution is 2.26. The lowest BCUT2D eigenvalue weighted by Gasteiger charge is -2.18. The Bertz CT molecular complexity index is 1190. The van der Waals surface area contributed by atoms with E-state index in [-0.39, 0.29) is 18.2 Å². The Morgan fingerprint density at radius 1 is 1.17 bits per heavy atom. The van der Waals surface area contributed by atoms with E-state index in [0.717, 1.165) is 12.3 Å². The lowest BCUT2D eigenvalue weighted by Crippen LogP contribution is -2.21. The summed E-state index contributed by atoms with van der Waals surface area (Å²) in [7, 11) is 5.07. The molecule has 0 aromatic carbocycles.